The molecule has 2 saturated carbocycles. The average Bonchev–Trinajstić information content (AvgIpc) is 2.58. The molecule has 2 rings (SSSR count). The summed E-state index contributed by atoms with van der Waals surface area (Å²) in [6.07, 6.45) is 22.3. The molecule has 2 aliphatic rings. The average molecular weight is 302 g/mol. The Hall–Kier alpha value is -0.770. The number of nitrogens with zero attached hydrogens (tertiary/aromatic N) is 1. The summed E-state index contributed by atoms with van der Waals surface area (Å²) in [6.45, 7) is 2.32. The Kier molecular flexibility index (Phi) is 8.06. The van der Waals surface area contributed by atoms with Crippen LogP contribution in [-0.4, -0.2) is 0 Å². The van der Waals surface area contributed by atoms with Crippen LogP contribution >= 0.6 is 0 Å². The lowest BCUT2D eigenvalue weighted by Gasteiger charge is -2.38. The van der Waals surface area contributed by atoms with Gasteiger partial charge < -0.3 is 0 Å². The van der Waals surface area contributed by atoms with Crippen LogP contribution in [0.3, 0.4) is 0 Å². The third-order valence-corrected chi connectivity index (χ3v) is 6.35. The van der Waals surface area contributed by atoms with E-state index in [9.17, 15) is 0 Å². The highest BCUT2D eigenvalue weighted by atomic mass is 14.4. The third kappa shape index (κ3) is 5.79. The molecular formula is C21H35N. The van der Waals surface area contributed by atoms with Crippen LogP contribution < -0.4 is 0 Å². The fourth-order valence-electron chi connectivity index (χ4n) is 4.86. The third-order valence-electron chi connectivity index (χ3n) is 6.35. The van der Waals surface area contributed by atoms with E-state index in [1.807, 2.05) is 6.08 Å². The van der Waals surface area contributed by atoms with E-state index in [0.29, 0.717) is 0 Å². The summed E-state index contributed by atoms with van der Waals surface area (Å²) in [5.74, 6) is 4.08. The Morgan fingerprint density at radius 2 is 1.41 bits per heavy atom. The van der Waals surface area contributed by atoms with Crippen LogP contribution in [0.2, 0.25) is 0 Å². The largest absolute Gasteiger partial charge is 0.193 e. The van der Waals surface area contributed by atoms with E-state index in [0.717, 1.165) is 30.1 Å². The molecule has 0 bridgehead atoms. The summed E-state index contributed by atoms with van der Waals surface area (Å²) >= 11 is 0. The smallest absolute Gasteiger partial charge is 0.0908 e. The van der Waals surface area contributed by atoms with Crippen molar-refractivity contribution in [1.29, 1.82) is 5.26 Å². The first-order chi connectivity index (χ1) is 10.8. The highest BCUT2D eigenvalue weighted by Crippen LogP contribution is 2.43. The molecule has 0 saturated heterocycles. The maximum Gasteiger partial charge on any atom is 0.0908 e. The molecule has 0 spiro atoms. The molecule has 0 radical (unpaired) electrons. The van der Waals surface area contributed by atoms with Crippen molar-refractivity contribution in [2.75, 3.05) is 0 Å². The number of rotatable bonds is 7. The standard InChI is InChI=1S/C21H35N/c1-2-3-7-18-9-13-20(14-10-18)21-15-11-19(12-16-21)8-5-4-6-17-22/h4,6,18-21H,2-3,5,7-16H2,1H3/t18-,19-,20-,21-. The van der Waals surface area contributed by atoms with Gasteiger partial charge in [0.25, 0.3) is 0 Å². The molecule has 2 fully saturated rings. The zero-order chi connectivity index (χ0) is 15.6. The normalized spacial score (nSPS) is 32.9. The van der Waals surface area contributed by atoms with Crippen molar-refractivity contribution in [1.82, 2.24) is 0 Å². The summed E-state index contributed by atoms with van der Waals surface area (Å²) in [5, 5.41) is 8.51. The predicted molar refractivity (Wildman–Crippen MR) is 94.4 cm³/mol. The van der Waals surface area contributed by atoms with Crippen molar-refractivity contribution in [2.45, 2.75) is 90.4 Å². The van der Waals surface area contributed by atoms with E-state index >= 15 is 0 Å². The number of nitriles is 1. The van der Waals surface area contributed by atoms with Gasteiger partial charge in [-0.2, -0.15) is 5.26 Å². The molecule has 0 unspecified atom stereocenters. The Morgan fingerprint density at radius 3 is 1.91 bits per heavy atom. The Balaban J connectivity index is 1.61. The van der Waals surface area contributed by atoms with E-state index in [4.69, 9.17) is 5.26 Å². The summed E-state index contributed by atoms with van der Waals surface area (Å²) in [4.78, 5) is 0. The minimum Gasteiger partial charge on any atom is -0.193 e. The Labute approximate surface area is 138 Å². The van der Waals surface area contributed by atoms with Gasteiger partial charge in [-0.25, -0.2) is 0 Å². The fraction of sp³-hybridized carbons (Fsp3) is 0.857. The van der Waals surface area contributed by atoms with E-state index in [1.165, 1.54) is 77.0 Å². The molecule has 124 valence electrons. The topological polar surface area (TPSA) is 23.8 Å². The SMILES string of the molecule is CCCC[C@H]1CC[C@H]([C@H]2CC[C@H](CCC=CC#N)CC2)CC1. The minimum absolute atomic E-state index is 0.931. The lowest BCUT2D eigenvalue weighted by molar-refractivity contribution is 0.141. The maximum absolute atomic E-state index is 8.51. The van der Waals surface area contributed by atoms with Gasteiger partial charge in [0.05, 0.1) is 6.07 Å². The molecule has 1 heteroatoms. The van der Waals surface area contributed by atoms with Crippen LogP contribution in [0.1, 0.15) is 90.4 Å². The van der Waals surface area contributed by atoms with Gasteiger partial charge in [-0.15, -0.1) is 0 Å². The highest BCUT2D eigenvalue weighted by Gasteiger charge is 2.30. The van der Waals surface area contributed by atoms with Crippen molar-refractivity contribution in [3.63, 3.8) is 0 Å². The summed E-state index contributed by atoms with van der Waals surface area (Å²) in [5.41, 5.74) is 0. The van der Waals surface area contributed by atoms with Gasteiger partial charge in [0, 0.05) is 6.08 Å². The first kappa shape index (κ1) is 17.6. The molecule has 22 heavy (non-hydrogen) atoms. The minimum atomic E-state index is 0.931. The number of unbranched alkanes of at least 4 members (excludes halogenated alkanes) is 1. The zero-order valence-corrected chi connectivity index (χ0v) is 14.6. The van der Waals surface area contributed by atoms with E-state index in [-0.39, 0.29) is 0 Å². The van der Waals surface area contributed by atoms with Crippen molar-refractivity contribution < 1.29 is 0 Å². The Morgan fingerprint density at radius 1 is 0.864 bits per heavy atom. The predicted octanol–water partition coefficient (Wildman–Crippen LogP) is 6.65. The fourth-order valence-corrected chi connectivity index (χ4v) is 4.86. The van der Waals surface area contributed by atoms with E-state index in [2.05, 4.69) is 13.0 Å². The van der Waals surface area contributed by atoms with Crippen LogP contribution in [0.15, 0.2) is 12.2 Å². The number of allylic oxidation sites excluding steroid dienone is 2. The van der Waals surface area contributed by atoms with Crippen LogP contribution in [0.5, 0.6) is 0 Å². The van der Waals surface area contributed by atoms with Crippen molar-refractivity contribution in [3.05, 3.63) is 12.2 Å². The zero-order valence-electron chi connectivity index (χ0n) is 14.6. The molecule has 0 amide bonds. The quantitative estimate of drug-likeness (QED) is 0.483. The second kappa shape index (κ2) is 10.1. The summed E-state index contributed by atoms with van der Waals surface area (Å²) in [7, 11) is 0. The monoisotopic (exact) mass is 301 g/mol. The second-order valence-electron chi connectivity index (χ2n) is 7.81. The number of hydrogen-bond acceptors (Lipinski definition) is 1. The van der Waals surface area contributed by atoms with Gasteiger partial charge in [0.2, 0.25) is 0 Å². The van der Waals surface area contributed by atoms with Crippen molar-refractivity contribution in [2.24, 2.45) is 23.7 Å². The molecule has 0 atom stereocenters. The van der Waals surface area contributed by atoms with Crippen molar-refractivity contribution >= 4 is 0 Å². The molecule has 0 aromatic carbocycles. The van der Waals surface area contributed by atoms with E-state index in [1.54, 1.807) is 6.08 Å². The van der Waals surface area contributed by atoms with Crippen LogP contribution in [0.4, 0.5) is 0 Å². The van der Waals surface area contributed by atoms with Gasteiger partial charge in [-0.3, -0.25) is 0 Å². The van der Waals surface area contributed by atoms with Gasteiger partial charge in [-0.05, 0) is 62.2 Å². The molecule has 0 aromatic rings. The van der Waals surface area contributed by atoms with Gasteiger partial charge >= 0.3 is 0 Å². The first-order valence-corrected chi connectivity index (χ1v) is 9.88. The lowest BCUT2D eigenvalue weighted by atomic mass is 9.68. The number of hydrogen-bond donors (Lipinski definition) is 0. The van der Waals surface area contributed by atoms with Gasteiger partial charge in [-0.1, -0.05) is 57.9 Å². The molecule has 0 heterocycles. The highest BCUT2D eigenvalue weighted by molar-refractivity contribution is 5.01. The second-order valence-corrected chi connectivity index (χ2v) is 7.81. The molecule has 0 aliphatic heterocycles. The molecule has 1 nitrogen and oxygen atoms in total. The first-order valence-electron chi connectivity index (χ1n) is 9.88. The van der Waals surface area contributed by atoms with Crippen molar-refractivity contribution in [3.8, 4) is 6.07 Å². The van der Waals surface area contributed by atoms with Gasteiger partial charge in [0.1, 0.15) is 0 Å². The van der Waals surface area contributed by atoms with E-state index < -0.39 is 0 Å². The summed E-state index contributed by atoms with van der Waals surface area (Å²) in [6, 6.07) is 2.09. The summed E-state index contributed by atoms with van der Waals surface area (Å²) < 4.78 is 0. The Bertz CT molecular complexity index is 349. The van der Waals surface area contributed by atoms with Gasteiger partial charge in [0.15, 0.2) is 0 Å². The van der Waals surface area contributed by atoms with Crippen LogP contribution in [-0.2, 0) is 0 Å². The van der Waals surface area contributed by atoms with Crippen LogP contribution in [0, 0.1) is 35.0 Å². The molecule has 0 aromatic heterocycles. The lowest BCUT2D eigenvalue weighted by Crippen LogP contribution is -2.25. The molecule has 2 aliphatic carbocycles. The maximum atomic E-state index is 8.51. The molecular weight excluding hydrogens is 266 g/mol. The van der Waals surface area contributed by atoms with Crippen LogP contribution in [0.25, 0.3) is 0 Å². The molecule has 0 N–H and O–H groups in total.